The molecule has 0 saturated heterocycles. The first-order chi connectivity index (χ1) is 18.7. The molecule has 3 heterocycles. The summed E-state index contributed by atoms with van der Waals surface area (Å²) in [6.45, 7) is 6.08. The van der Waals surface area contributed by atoms with Gasteiger partial charge in [0.25, 0.3) is 5.91 Å². The number of nitrogens with one attached hydrogen (secondary N) is 1. The molecule has 5 rings (SSSR count). The fraction of sp³-hybridized carbons (Fsp3) is 0.192. The molecule has 200 valence electrons. The van der Waals surface area contributed by atoms with Gasteiger partial charge in [0.2, 0.25) is 10.0 Å². The van der Waals surface area contributed by atoms with Crippen LogP contribution in [0.2, 0.25) is 5.02 Å². The fourth-order valence-corrected chi connectivity index (χ4v) is 5.79. The topological polar surface area (TPSA) is 128 Å². The molecule has 0 saturated carbocycles. The van der Waals surface area contributed by atoms with E-state index in [0.717, 1.165) is 5.69 Å². The first-order valence-electron chi connectivity index (χ1n) is 12.2. The molecule has 11 nitrogen and oxygen atoms in total. The highest BCUT2D eigenvalue weighted by Gasteiger charge is 2.22. The third-order valence-corrected chi connectivity index (χ3v) is 8.47. The molecule has 13 heteroatoms. The average molecular weight is 565 g/mol. The molecular formula is C26H25ClN8O3S. The summed E-state index contributed by atoms with van der Waals surface area (Å²) in [7, 11) is -3.62. The van der Waals surface area contributed by atoms with E-state index < -0.39 is 15.9 Å². The largest absolute Gasteiger partial charge is 0.306 e. The van der Waals surface area contributed by atoms with Crippen LogP contribution in [0.1, 0.15) is 29.9 Å². The van der Waals surface area contributed by atoms with E-state index in [1.165, 1.54) is 39.6 Å². The molecule has 0 atom stereocenters. The lowest BCUT2D eigenvalue weighted by Gasteiger charge is -2.18. The molecule has 0 unspecified atom stereocenters. The number of amides is 1. The summed E-state index contributed by atoms with van der Waals surface area (Å²) in [6.07, 6.45) is 3.04. The second kappa shape index (κ2) is 10.6. The van der Waals surface area contributed by atoms with Gasteiger partial charge in [0, 0.05) is 29.7 Å². The molecule has 0 spiro atoms. The van der Waals surface area contributed by atoms with Crippen LogP contribution in [0.5, 0.6) is 0 Å². The third-order valence-electron chi connectivity index (χ3n) is 6.15. The lowest BCUT2D eigenvalue weighted by atomic mass is 10.2. The Hall–Kier alpha value is -4.13. The number of benzene rings is 2. The quantitative estimate of drug-likeness (QED) is 0.298. The summed E-state index contributed by atoms with van der Waals surface area (Å²) in [5.74, 6) is 0.394. The van der Waals surface area contributed by atoms with E-state index in [-0.39, 0.29) is 4.90 Å². The van der Waals surface area contributed by atoms with E-state index >= 15 is 0 Å². The summed E-state index contributed by atoms with van der Waals surface area (Å²) in [5.41, 5.74) is 2.28. The number of sulfonamides is 1. The van der Waals surface area contributed by atoms with Crippen molar-refractivity contribution in [2.75, 3.05) is 18.4 Å². The molecule has 0 aliphatic carbocycles. The predicted octanol–water partition coefficient (Wildman–Crippen LogP) is 4.25. The Labute approximate surface area is 230 Å². The van der Waals surface area contributed by atoms with Gasteiger partial charge in [-0.2, -0.15) is 19.2 Å². The lowest BCUT2D eigenvalue weighted by molar-refractivity contribution is 0.102. The van der Waals surface area contributed by atoms with E-state index in [0.29, 0.717) is 52.0 Å². The highest BCUT2D eigenvalue weighted by molar-refractivity contribution is 7.89. The average Bonchev–Trinajstić information content (AvgIpc) is 3.53. The number of nitrogens with zero attached hydrogens (tertiary/aromatic N) is 7. The van der Waals surface area contributed by atoms with Crippen molar-refractivity contribution < 1.29 is 13.2 Å². The van der Waals surface area contributed by atoms with Gasteiger partial charge in [0.1, 0.15) is 12.1 Å². The number of carbonyl (C=O) groups excluding carboxylic acids is 1. The van der Waals surface area contributed by atoms with Crippen LogP contribution >= 0.6 is 11.6 Å². The maximum Gasteiger partial charge on any atom is 0.256 e. The lowest BCUT2D eigenvalue weighted by Crippen LogP contribution is -2.30. The summed E-state index contributed by atoms with van der Waals surface area (Å²) >= 11 is 6.02. The van der Waals surface area contributed by atoms with Crippen molar-refractivity contribution in [3.05, 3.63) is 83.4 Å². The van der Waals surface area contributed by atoms with E-state index in [9.17, 15) is 13.2 Å². The number of fused-ring (bicyclic) bond motifs is 1. The molecule has 0 radical (unpaired) electrons. The Balaban J connectivity index is 1.45. The molecule has 0 aliphatic rings. The number of aromatic nitrogens is 6. The minimum atomic E-state index is -3.62. The van der Waals surface area contributed by atoms with E-state index in [2.05, 4.69) is 25.5 Å². The van der Waals surface area contributed by atoms with Crippen LogP contribution in [0, 0.1) is 6.92 Å². The smallest absolute Gasteiger partial charge is 0.256 e. The molecule has 2 aromatic carbocycles. The minimum absolute atomic E-state index is 0.129. The van der Waals surface area contributed by atoms with Gasteiger partial charge in [-0.25, -0.2) is 23.1 Å². The van der Waals surface area contributed by atoms with E-state index in [1.807, 2.05) is 12.1 Å². The van der Waals surface area contributed by atoms with Crippen LogP contribution in [-0.4, -0.2) is 61.2 Å². The number of carbonyl (C=O) groups is 1. The van der Waals surface area contributed by atoms with Crippen LogP contribution in [-0.2, 0) is 10.0 Å². The van der Waals surface area contributed by atoms with Gasteiger partial charge >= 0.3 is 0 Å². The number of aryl methyl sites for hydroxylation is 1. The van der Waals surface area contributed by atoms with Gasteiger partial charge in [-0.15, -0.1) is 0 Å². The third kappa shape index (κ3) is 5.01. The van der Waals surface area contributed by atoms with E-state index in [1.54, 1.807) is 49.8 Å². The minimum Gasteiger partial charge on any atom is -0.306 e. The van der Waals surface area contributed by atoms with Gasteiger partial charge in [-0.05, 0) is 55.5 Å². The van der Waals surface area contributed by atoms with Crippen molar-refractivity contribution in [1.82, 2.24) is 33.8 Å². The van der Waals surface area contributed by atoms with Crippen LogP contribution in [0.3, 0.4) is 0 Å². The number of anilines is 1. The van der Waals surface area contributed by atoms with Gasteiger partial charge in [-0.1, -0.05) is 25.4 Å². The van der Waals surface area contributed by atoms with Crippen LogP contribution in [0.4, 0.5) is 5.82 Å². The molecule has 0 fully saturated rings. The monoisotopic (exact) mass is 564 g/mol. The number of rotatable bonds is 8. The van der Waals surface area contributed by atoms with Crippen LogP contribution < -0.4 is 5.32 Å². The number of hydrogen-bond acceptors (Lipinski definition) is 7. The van der Waals surface area contributed by atoms with Gasteiger partial charge < -0.3 is 5.32 Å². The first kappa shape index (κ1) is 26.5. The Kier molecular flexibility index (Phi) is 7.17. The van der Waals surface area contributed by atoms with Crippen LogP contribution in [0.15, 0.2) is 72.0 Å². The number of hydrogen-bond donors (Lipinski definition) is 1. The zero-order valence-electron chi connectivity index (χ0n) is 21.4. The highest BCUT2D eigenvalue weighted by Crippen LogP contribution is 2.25. The SMILES string of the molecule is CCN(CC)S(=O)(=O)c1ccc(C(=O)Nc2cc(C)nn2-c2ncnc3c2cnn3-c2ccc(Cl)cc2)cc1. The standard InChI is InChI=1S/C26H25ClN8O3S/c1-4-33(5-2)39(37,38)21-12-6-18(7-13-21)26(36)31-23-14-17(3)32-35(23)25-22-15-30-34(24(22)28-16-29-25)20-10-8-19(27)9-11-20/h6-16H,4-5H2,1-3H3,(H,31,36). The molecule has 3 aromatic heterocycles. The summed E-state index contributed by atoms with van der Waals surface area (Å²) in [4.78, 5) is 22.1. The molecule has 39 heavy (non-hydrogen) atoms. The summed E-state index contributed by atoms with van der Waals surface area (Å²) in [5, 5.41) is 13.1. The van der Waals surface area contributed by atoms with Crippen molar-refractivity contribution in [2.45, 2.75) is 25.7 Å². The Morgan fingerprint density at radius 1 is 1.00 bits per heavy atom. The normalized spacial score (nSPS) is 11.8. The fourth-order valence-electron chi connectivity index (χ4n) is 4.20. The van der Waals surface area contributed by atoms with Crippen molar-refractivity contribution in [1.29, 1.82) is 0 Å². The molecule has 1 N–H and O–H groups in total. The number of halogens is 1. The maximum absolute atomic E-state index is 13.1. The highest BCUT2D eigenvalue weighted by atomic mass is 35.5. The zero-order chi connectivity index (χ0) is 27.7. The molecule has 0 bridgehead atoms. The molecular weight excluding hydrogens is 540 g/mol. The Bertz CT molecular complexity index is 1760. The Morgan fingerprint density at radius 3 is 2.36 bits per heavy atom. The molecule has 1 amide bonds. The van der Waals surface area contributed by atoms with Crippen molar-refractivity contribution in [3.8, 4) is 11.5 Å². The molecule has 5 aromatic rings. The Morgan fingerprint density at radius 2 is 1.69 bits per heavy atom. The van der Waals surface area contributed by atoms with Crippen molar-refractivity contribution in [2.24, 2.45) is 0 Å². The zero-order valence-corrected chi connectivity index (χ0v) is 23.0. The van der Waals surface area contributed by atoms with Crippen LogP contribution in [0.25, 0.3) is 22.5 Å². The first-order valence-corrected chi connectivity index (χ1v) is 14.0. The second-order valence-electron chi connectivity index (χ2n) is 8.62. The van der Waals surface area contributed by atoms with E-state index in [4.69, 9.17) is 11.6 Å². The molecule has 0 aliphatic heterocycles. The van der Waals surface area contributed by atoms with Gasteiger partial charge in [0.05, 0.1) is 27.9 Å². The van der Waals surface area contributed by atoms with Crippen molar-refractivity contribution >= 4 is 44.4 Å². The van der Waals surface area contributed by atoms with Crippen molar-refractivity contribution in [3.63, 3.8) is 0 Å². The predicted molar refractivity (Wildman–Crippen MR) is 148 cm³/mol. The van der Waals surface area contributed by atoms with Gasteiger partial charge in [-0.3, -0.25) is 4.79 Å². The summed E-state index contributed by atoms with van der Waals surface area (Å²) in [6, 6.07) is 14.8. The maximum atomic E-state index is 13.1. The second-order valence-corrected chi connectivity index (χ2v) is 11.0. The van der Waals surface area contributed by atoms with Gasteiger partial charge in [0.15, 0.2) is 11.5 Å². The summed E-state index contributed by atoms with van der Waals surface area (Å²) < 4.78 is 30.1.